The van der Waals surface area contributed by atoms with Crippen LogP contribution in [0.2, 0.25) is 5.02 Å². The number of hydrogen-bond acceptors (Lipinski definition) is 6. The molecule has 1 aliphatic carbocycles. The molecule has 1 heterocycles. The summed E-state index contributed by atoms with van der Waals surface area (Å²) < 4.78 is 12.7. The van der Waals surface area contributed by atoms with Crippen LogP contribution in [0.5, 0.6) is 5.75 Å². The summed E-state index contributed by atoms with van der Waals surface area (Å²) in [6.45, 7) is 3.60. The molecule has 0 unspecified atom stereocenters. The van der Waals surface area contributed by atoms with E-state index in [9.17, 15) is 9.59 Å². The topological polar surface area (TPSA) is 82.8 Å². The van der Waals surface area contributed by atoms with Gasteiger partial charge in [0.1, 0.15) is 5.82 Å². The predicted octanol–water partition coefficient (Wildman–Crippen LogP) is 6.07. The average molecular weight is 561 g/mol. The number of carbonyl (C=O) groups is 1. The number of fused-ring (bicyclic) bond motifs is 1. The van der Waals surface area contributed by atoms with Gasteiger partial charge in [0.05, 0.1) is 33.2 Å². The van der Waals surface area contributed by atoms with Crippen LogP contribution in [0, 0.1) is 0 Å². The van der Waals surface area contributed by atoms with E-state index in [-0.39, 0.29) is 18.1 Å². The first kappa shape index (κ1) is 25.4. The van der Waals surface area contributed by atoms with E-state index in [4.69, 9.17) is 26.1 Å². The number of aromatic nitrogens is 2. The number of carbonyl (C=O) groups excluding carboxylic acids is 1. The Labute approximate surface area is 217 Å². The third-order valence-electron chi connectivity index (χ3n) is 6.01. The maximum atomic E-state index is 13.3. The van der Waals surface area contributed by atoms with Gasteiger partial charge in [-0.2, -0.15) is 9.78 Å². The van der Waals surface area contributed by atoms with E-state index in [2.05, 4.69) is 21.0 Å². The lowest BCUT2D eigenvalue weighted by molar-refractivity contribution is -0.150. The fourth-order valence-electron chi connectivity index (χ4n) is 4.25. The molecule has 7 nitrogen and oxygen atoms in total. The van der Waals surface area contributed by atoms with Crippen LogP contribution in [0.3, 0.4) is 0 Å². The van der Waals surface area contributed by atoms with Crippen LogP contribution < -0.4 is 10.3 Å². The minimum atomic E-state index is -0.816. The Kier molecular flexibility index (Phi) is 8.23. The van der Waals surface area contributed by atoms with Gasteiger partial charge in [0, 0.05) is 5.92 Å². The van der Waals surface area contributed by atoms with E-state index in [1.54, 1.807) is 38.3 Å². The zero-order chi connectivity index (χ0) is 24.9. The van der Waals surface area contributed by atoms with E-state index < -0.39 is 12.1 Å². The largest absolute Gasteiger partial charge is 0.476 e. The SMILES string of the molecule is CCOC(=O)[C@H](C)Oc1c(Cl)cc(C=Nn2c(C3CCCCC3)nc3ccccc3c2=O)cc1Br. The highest BCUT2D eigenvalue weighted by molar-refractivity contribution is 9.10. The molecule has 1 aliphatic rings. The molecule has 1 saturated carbocycles. The number of halogens is 2. The molecule has 0 spiro atoms. The van der Waals surface area contributed by atoms with Crippen molar-refractivity contribution in [3.05, 3.63) is 67.6 Å². The lowest BCUT2D eigenvalue weighted by atomic mass is 9.88. The number of nitrogens with zero attached hydrogens (tertiary/aromatic N) is 3. The first-order valence-corrected chi connectivity index (χ1v) is 12.9. The quantitative estimate of drug-likeness (QED) is 0.259. The molecule has 2 aromatic carbocycles. The van der Waals surface area contributed by atoms with Crippen LogP contribution in [-0.4, -0.2) is 34.6 Å². The van der Waals surface area contributed by atoms with Gasteiger partial charge in [-0.1, -0.05) is 43.0 Å². The van der Waals surface area contributed by atoms with E-state index in [0.29, 0.717) is 37.5 Å². The summed E-state index contributed by atoms with van der Waals surface area (Å²) in [5.74, 6) is 0.739. The molecule has 0 bridgehead atoms. The molecule has 4 rings (SSSR count). The smallest absolute Gasteiger partial charge is 0.347 e. The summed E-state index contributed by atoms with van der Waals surface area (Å²) in [7, 11) is 0. The van der Waals surface area contributed by atoms with Gasteiger partial charge in [-0.3, -0.25) is 4.79 Å². The lowest BCUT2D eigenvalue weighted by Gasteiger charge is -2.22. The number of benzene rings is 2. The van der Waals surface area contributed by atoms with Crippen LogP contribution in [-0.2, 0) is 9.53 Å². The number of ether oxygens (including phenoxy) is 2. The fourth-order valence-corrected chi connectivity index (χ4v) is 5.21. The summed E-state index contributed by atoms with van der Waals surface area (Å²) in [6, 6.07) is 10.8. The standard InChI is InChI=1S/C26H27BrClN3O4/c1-3-34-26(33)16(2)35-23-20(27)13-17(14-21(23)28)15-29-31-24(18-9-5-4-6-10-18)30-22-12-8-7-11-19(22)25(31)32/h7-8,11-16,18H,3-6,9-10H2,1-2H3/t16-/m0/s1. The number of para-hydroxylation sites is 1. The first-order valence-electron chi connectivity index (χ1n) is 11.8. The van der Waals surface area contributed by atoms with Crippen molar-refractivity contribution in [1.29, 1.82) is 0 Å². The van der Waals surface area contributed by atoms with Crippen molar-refractivity contribution in [3.63, 3.8) is 0 Å². The van der Waals surface area contributed by atoms with Crippen molar-refractivity contribution >= 4 is 50.6 Å². The Morgan fingerprint density at radius 2 is 2.03 bits per heavy atom. The first-order chi connectivity index (χ1) is 16.9. The van der Waals surface area contributed by atoms with E-state index in [1.807, 2.05) is 18.2 Å². The molecule has 0 radical (unpaired) electrons. The Balaban J connectivity index is 1.68. The minimum absolute atomic E-state index is 0.189. The van der Waals surface area contributed by atoms with Crippen molar-refractivity contribution in [2.24, 2.45) is 5.10 Å². The van der Waals surface area contributed by atoms with Gasteiger partial charge < -0.3 is 9.47 Å². The Morgan fingerprint density at radius 3 is 2.74 bits per heavy atom. The maximum absolute atomic E-state index is 13.3. The number of rotatable bonds is 7. The highest BCUT2D eigenvalue weighted by atomic mass is 79.9. The average Bonchev–Trinajstić information content (AvgIpc) is 2.86. The van der Waals surface area contributed by atoms with Crippen molar-refractivity contribution in [2.45, 2.75) is 58.0 Å². The molecule has 0 amide bonds. The molecule has 3 aromatic rings. The summed E-state index contributed by atoms with van der Waals surface area (Å²) in [5, 5.41) is 5.38. The van der Waals surface area contributed by atoms with Gasteiger partial charge in [-0.25, -0.2) is 9.78 Å². The summed E-state index contributed by atoms with van der Waals surface area (Å²) in [4.78, 5) is 30.1. The van der Waals surface area contributed by atoms with Crippen LogP contribution in [0.25, 0.3) is 10.9 Å². The third-order valence-corrected chi connectivity index (χ3v) is 6.87. The third kappa shape index (κ3) is 5.76. The van der Waals surface area contributed by atoms with Crippen LogP contribution >= 0.6 is 27.5 Å². The van der Waals surface area contributed by atoms with Crippen molar-refractivity contribution in [1.82, 2.24) is 9.66 Å². The zero-order valence-electron chi connectivity index (χ0n) is 19.7. The molecule has 1 aromatic heterocycles. The van der Waals surface area contributed by atoms with Crippen LogP contribution in [0.1, 0.15) is 63.3 Å². The molecule has 1 atom stereocenters. The van der Waals surface area contributed by atoms with Gasteiger partial charge in [-0.05, 0) is 72.4 Å². The van der Waals surface area contributed by atoms with E-state index >= 15 is 0 Å². The maximum Gasteiger partial charge on any atom is 0.347 e. The Morgan fingerprint density at radius 1 is 1.29 bits per heavy atom. The molecule has 0 saturated heterocycles. The molecule has 35 heavy (non-hydrogen) atoms. The van der Waals surface area contributed by atoms with Crippen LogP contribution in [0.4, 0.5) is 0 Å². The van der Waals surface area contributed by atoms with Gasteiger partial charge in [0.15, 0.2) is 11.9 Å². The molecule has 0 aliphatic heterocycles. The number of esters is 1. The molecule has 0 N–H and O–H groups in total. The molecule has 1 fully saturated rings. The highest BCUT2D eigenvalue weighted by Crippen LogP contribution is 2.35. The van der Waals surface area contributed by atoms with Crippen LogP contribution in [0.15, 0.2) is 50.8 Å². The molecule has 184 valence electrons. The Hall–Kier alpha value is -2.71. The second-order valence-corrected chi connectivity index (χ2v) is 9.77. The summed E-state index contributed by atoms with van der Waals surface area (Å²) in [6.07, 6.45) is 6.18. The normalized spacial score (nSPS) is 15.4. The molecular formula is C26H27BrClN3O4. The van der Waals surface area contributed by atoms with Gasteiger partial charge in [0.25, 0.3) is 5.56 Å². The van der Waals surface area contributed by atoms with Gasteiger partial charge in [-0.15, -0.1) is 0 Å². The Bertz CT molecular complexity index is 1290. The van der Waals surface area contributed by atoms with E-state index in [1.165, 1.54) is 11.1 Å². The lowest BCUT2D eigenvalue weighted by Crippen LogP contribution is -2.26. The van der Waals surface area contributed by atoms with Gasteiger partial charge in [0.2, 0.25) is 0 Å². The monoisotopic (exact) mass is 559 g/mol. The number of hydrogen-bond donors (Lipinski definition) is 0. The second kappa shape index (κ2) is 11.4. The van der Waals surface area contributed by atoms with E-state index in [0.717, 1.165) is 25.7 Å². The molecular weight excluding hydrogens is 534 g/mol. The van der Waals surface area contributed by atoms with Crippen molar-refractivity contribution in [3.8, 4) is 5.75 Å². The predicted molar refractivity (Wildman–Crippen MR) is 141 cm³/mol. The van der Waals surface area contributed by atoms with Gasteiger partial charge >= 0.3 is 5.97 Å². The van der Waals surface area contributed by atoms with Crippen molar-refractivity contribution < 1.29 is 14.3 Å². The zero-order valence-corrected chi connectivity index (χ0v) is 22.0. The van der Waals surface area contributed by atoms with Crippen molar-refractivity contribution in [2.75, 3.05) is 6.61 Å². The second-order valence-electron chi connectivity index (χ2n) is 8.51. The minimum Gasteiger partial charge on any atom is -0.476 e. The summed E-state index contributed by atoms with van der Waals surface area (Å²) >= 11 is 9.92. The summed E-state index contributed by atoms with van der Waals surface area (Å²) in [5.41, 5.74) is 1.15. The fraction of sp³-hybridized carbons (Fsp3) is 0.385. The molecule has 9 heteroatoms. The highest BCUT2D eigenvalue weighted by Gasteiger charge is 2.23.